The predicted molar refractivity (Wildman–Crippen MR) is 70.2 cm³/mol. The number of anilines is 1. The number of aryl methyl sites for hydroxylation is 1. The molecule has 0 saturated carbocycles. The molecule has 0 atom stereocenters. The molecular weight excluding hydrogens is 254 g/mol. The van der Waals surface area contributed by atoms with Gasteiger partial charge in [-0.1, -0.05) is 6.07 Å². The second-order valence-electron chi connectivity index (χ2n) is 4.02. The normalized spacial score (nSPS) is 11.2. The van der Waals surface area contributed by atoms with Crippen molar-refractivity contribution in [3.8, 4) is 0 Å². The summed E-state index contributed by atoms with van der Waals surface area (Å²) in [5, 5.41) is 0. The summed E-state index contributed by atoms with van der Waals surface area (Å²) in [5.41, 5.74) is 7.04. The van der Waals surface area contributed by atoms with E-state index in [1.54, 1.807) is 25.1 Å². The summed E-state index contributed by atoms with van der Waals surface area (Å²) >= 11 is 0. The third-order valence-electron chi connectivity index (χ3n) is 2.37. The first kappa shape index (κ1) is 14.5. The van der Waals surface area contributed by atoms with Gasteiger partial charge in [-0.15, -0.1) is 0 Å². The Kier molecular flexibility index (Phi) is 4.72. The molecule has 0 amide bonds. The summed E-state index contributed by atoms with van der Waals surface area (Å²) in [6, 6.07) is 4.88. The minimum Gasteiger partial charge on any atom is -0.462 e. The number of benzene rings is 1. The van der Waals surface area contributed by atoms with Gasteiger partial charge < -0.3 is 10.5 Å². The molecule has 0 aliphatic carbocycles. The van der Waals surface area contributed by atoms with Crippen molar-refractivity contribution in [2.24, 2.45) is 0 Å². The van der Waals surface area contributed by atoms with Crippen molar-refractivity contribution in [2.45, 2.75) is 13.3 Å². The molecule has 2 N–H and O–H groups in total. The highest BCUT2D eigenvalue weighted by Crippen LogP contribution is 2.16. The number of hydrogen-bond donors (Lipinski definition) is 1. The smallest absolute Gasteiger partial charge is 0.340 e. The fourth-order valence-electron chi connectivity index (χ4n) is 1.45. The fourth-order valence-corrected chi connectivity index (χ4v) is 2.05. The van der Waals surface area contributed by atoms with Gasteiger partial charge in [-0.05, 0) is 31.0 Å². The first-order valence-electron chi connectivity index (χ1n) is 5.56. The maximum Gasteiger partial charge on any atom is 0.340 e. The minimum absolute atomic E-state index is 0.0409. The van der Waals surface area contributed by atoms with E-state index in [2.05, 4.69) is 0 Å². The van der Waals surface area contributed by atoms with Crippen LogP contribution in [0.25, 0.3) is 0 Å². The SMILES string of the molecule is CCOC(=O)c1cc(CCS(C)(=O)=O)ccc1N. The Morgan fingerprint density at radius 2 is 2.06 bits per heavy atom. The van der Waals surface area contributed by atoms with Crippen molar-refractivity contribution < 1.29 is 17.9 Å². The number of nitrogen functional groups attached to an aromatic ring is 1. The van der Waals surface area contributed by atoms with Crippen LogP contribution < -0.4 is 5.73 Å². The molecule has 0 fully saturated rings. The summed E-state index contributed by atoms with van der Waals surface area (Å²) in [6.07, 6.45) is 1.53. The van der Waals surface area contributed by atoms with Gasteiger partial charge in [0, 0.05) is 11.9 Å². The van der Waals surface area contributed by atoms with Gasteiger partial charge in [0.15, 0.2) is 0 Å². The van der Waals surface area contributed by atoms with Gasteiger partial charge in [0.05, 0.1) is 17.9 Å². The van der Waals surface area contributed by atoms with Crippen molar-refractivity contribution in [1.82, 2.24) is 0 Å². The number of ether oxygens (including phenoxy) is 1. The van der Waals surface area contributed by atoms with E-state index >= 15 is 0 Å². The Morgan fingerprint density at radius 3 is 2.61 bits per heavy atom. The second kappa shape index (κ2) is 5.86. The van der Waals surface area contributed by atoms with Crippen LogP contribution in [-0.2, 0) is 21.0 Å². The largest absolute Gasteiger partial charge is 0.462 e. The molecule has 18 heavy (non-hydrogen) atoms. The highest BCUT2D eigenvalue weighted by molar-refractivity contribution is 7.90. The van der Waals surface area contributed by atoms with Gasteiger partial charge in [-0.2, -0.15) is 0 Å². The summed E-state index contributed by atoms with van der Waals surface area (Å²) in [6.45, 7) is 1.98. The van der Waals surface area contributed by atoms with Crippen LogP contribution in [0.5, 0.6) is 0 Å². The third-order valence-corrected chi connectivity index (χ3v) is 3.32. The van der Waals surface area contributed by atoms with Crippen LogP contribution in [0.3, 0.4) is 0 Å². The van der Waals surface area contributed by atoms with Crippen LogP contribution in [0.4, 0.5) is 5.69 Å². The van der Waals surface area contributed by atoms with Crippen LogP contribution in [-0.4, -0.2) is 33.0 Å². The van der Waals surface area contributed by atoms with Crippen LogP contribution in [0.15, 0.2) is 18.2 Å². The number of hydrogen-bond acceptors (Lipinski definition) is 5. The summed E-state index contributed by atoms with van der Waals surface area (Å²) in [4.78, 5) is 11.6. The van der Waals surface area contributed by atoms with E-state index in [1.807, 2.05) is 0 Å². The first-order valence-corrected chi connectivity index (χ1v) is 7.63. The molecule has 0 unspecified atom stereocenters. The molecule has 1 rings (SSSR count). The van der Waals surface area contributed by atoms with Crippen LogP contribution >= 0.6 is 0 Å². The number of rotatable bonds is 5. The zero-order valence-electron chi connectivity index (χ0n) is 10.5. The number of nitrogens with two attached hydrogens (primary N) is 1. The maximum absolute atomic E-state index is 11.6. The molecular formula is C12H17NO4S. The molecule has 100 valence electrons. The van der Waals surface area contributed by atoms with E-state index in [9.17, 15) is 13.2 Å². The molecule has 0 aliphatic rings. The van der Waals surface area contributed by atoms with E-state index in [0.29, 0.717) is 12.1 Å². The quantitative estimate of drug-likeness (QED) is 0.638. The van der Waals surface area contributed by atoms with Crippen molar-refractivity contribution in [3.63, 3.8) is 0 Å². The van der Waals surface area contributed by atoms with Crippen molar-refractivity contribution >= 4 is 21.5 Å². The third kappa shape index (κ3) is 4.37. The molecule has 0 saturated heterocycles. The minimum atomic E-state index is -3.02. The maximum atomic E-state index is 11.6. The number of sulfone groups is 1. The van der Waals surface area contributed by atoms with E-state index in [1.165, 1.54) is 6.26 Å². The summed E-state index contributed by atoms with van der Waals surface area (Å²) in [5.74, 6) is -0.449. The number of carbonyl (C=O) groups is 1. The molecule has 6 heteroatoms. The van der Waals surface area contributed by atoms with Crippen molar-refractivity contribution in [2.75, 3.05) is 24.3 Å². The Morgan fingerprint density at radius 1 is 1.39 bits per heavy atom. The molecule has 5 nitrogen and oxygen atoms in total. The van der Waals surface area contributed by atoms with Gasteiger partial charge in [-0.25, -0.2) is 13.2 Å². The predicted octanol–water partition coefficient (Wildman–Crippen LogP) is 1.03. The zero-order chi connectivity index (χ0) is 13.8. The van der Waals surface area contributed by atoms with E-state index in [0.717, 1.165) is 5.56 Å². The van der Waals surface area contributed by atoms with Crippen molar-refractivity contribution in [3.05, 3.63) is 29.3 Å². The number of esters is 1. The molecule has 1 aromatic carbocycles. The monoisotopic (exact) mass is 271 g/mol. The average Bonchev–Trinajstić information content (AvgIpc) is 2.27. The van der Waals surface area contributed by atoms with Crippen LogP contribution in [0, 0.1) is 0 Å². The van der Waals surface area contributed by atoms with Gasteiger partial charge in [0.25, 0.3) is 0 Å². The van der Waals surface area contributed by atoms with Crippen molar-refractivity contribution in [1.29, 1.82) is 0 Å². The molecule has 1 aromatic rings. The zero-order valence-corrected chi connectivity index (χ0v) is 11.3. The molecule has 0 aliphatic heterocycles. The molecule has 0 bridgehead atoms. The van der Waals surface area contributed by atoms with Gasteiger partial charge in [0.2, 0.25) is 0 Å². The lowest BCUT2D eigenvalue weighted by molar-refractivity contribution is 0.0527. The highest BCUT2D eigenvalue weighted by Gasteiger charge is 2.12. The van der Waals surface area contributed by atoms with Crippen LogP contribution in [0.2, 0.25) is 0 Å². The summed E-state index contributed by atoms with van der Waals surface area (Å²) in [7, 11) is -3.02. The Bertz CT molecular complexity index is 537. The Labute approximate surface area is 107 Å². The highest BCUT2D eigenvalue weighted by atomic mass is 32.2. The average molecular weight is 271 g/mol. The van der Waals surface area contributed by atoms with E-state index in [-0.39, 0.29) is 17.9 Å². The molecule has 0 heterocycles. The fraction of sp³-hybridized carbons (Fsp3) is 0.417. The lowest BCUT2D eigenvalue weighted by atomic mass is 10.1. The first-order chi connectivity index (χ1) is 8.33. The van der Waals surface area contributed by atoms with Gasteiger partial charge in [-0.3, -0.25) is 0 Å². The topological polar surface area (TPSA) is 86.5 Å². The number of carbonyl (C=O) groups excluding carboxylic acids is 1. The molecule has 0 radical (unpaired) electrons. The Balaban J connectivity index is 2.90. The van der Waals surface area contributed by atoms with Gasteiger partial charge in [0.1, 0.15) is 9.84 Å². The van der Waals surface area contributed by atoms with Crippen LogP contribution in [0.1, 0.15) is 22.8 Å². The molecule has 0 spiro atoms. The summed E-state index contributed by atoms with van der Waals surface area (Å²) < 4.78 is 27.0. The van der Waals surface area contributed by atoms with Gasteiger partial charge >= 0.3 is 5.97 Å². The lowest BCUT2D eigenvalue weighted by Gasteiger charge is -2.07. The standard InChI is InChI=1S/C12H17NO4S/c1-3-17-12(14)10-8-9(4-5-11(10)13)6-7-18(2,15)16/h4-5,8H,3,6-7,13H2,1-2H3. The second-order valence-corrected chi connectivity index (χ2v) is 6.28. The Hall–Kier alpha value is -1.56. The van der Waals surface area contributed by atoms with E-state index in [4.69, 9.17) is 10.5 Å². The van der Waals surface area contributed by atoms with E-state index < -0.39 is 15.8 Å². The molecule has 0 aromatic heterocycles. The lowest BCUT2D eigenvalue weighted by Crippen LogP contribution is -2.10.